The summed E-state index contributed by atoms with van der Waals surface area (Å²) in [4.78, 5) is 21.0. The lowest BCUT2D eigenvalue weighted by Crippen LogP contribution is -2.27. The molecule has 0 aliphatic heterocycles. The summed E-state index contributed by atoms with van der Waals surface area (Å²) < 4.78 is 13.6. The molecule has 3 aromatic rings. The molecule has 1 aromatic heterocycles. The van der Waals surface area contributed by atoms with Gasteiger partial charge in [-0.2, -0.15) is 0 Å². The number of hydrogen-bond acceptors (Lipinski definition) is 4. The van der Waals surface area contributed by atoms with Crippen LogP contribution in [0.25, 0.3) is 0 Å². The summed E-state index contributed by atoms with van der Waals surface area (Å²) in [5.74, 6) is -0.262. The highest BCUT2D eigenvalue weighted by Crippen LogP contribution is 2.16. The summed E-state index contributed by atoms with van der Waals surface area (Å²) in [5.41, 5.74) is 2.38. The predicted molar refractivity (Wildman–Crippen MR) is 108 cm³/mol. The van der Waals surface area contributed by atoms with Gasteiger partial charge in [-0.15, -0.1) is 0 Å². The van der Waals surface area contributed by atoms with Gasteiger partial charge in [-0.05, 0) is 42.7 Å². The summed E-state index contributed by atoms with van der Waals surface area (Å²) in [6, 6.07) is 15.6. The van der Waals surface area contributed by atoms with Crippen molar-refractivity contribution in [1.82, 2.24) is 15.3 Å². The first-order valence-electron chi connectivity index (χ1n) is 8.87. The van der Waals surface area contributed by atoms with E-state index in [1.807, 2.05) is 24.3 Å². The second-order valence-electron chi connectivity index (χ2n) is 6.26. The fourth-order valence-corrected chi connectivity index (χ4v) is 2.88. The number of aryl methyl sites for hydroxylation is 1. The zero-order valence-corrected chi connectivity index (χ0v) is 16.1. The third kappa shape index (κ3) is 5.27. The second kappa shape index (κ2) is 9.28. The predicted octanol–water partition coefficient (Wildman–Crippen LogP) is 4.16. The number of aromatic nitrogens is 2. The molecule has 0 aliphatic rings. The molecule has 5 nitrogen and oxygen atoms in total. The Morgan fingerprint density at radius 2 is 1.79 bits per heavy atom. The maximum absolute atomic E-state index is 13.6. The van der Waals surface area contributed by atoms with Crippen molar-refractivity contribution in [2.24, 2.45) is 0 Å². The van der Waals surface area contributed by atoms with Gasteiger partial charge in [0, 0.05) is 23.8 Å². The number of amides is 1. The zero-order valence-electron chi connectivity index (χ0n) is 15.4. The Labute approximate surface area is 168 Å². The smallest absolute Gasteiger partial charge is 0.270 e. The Morgan fingerprint density at radius 1 is 1.07 bits per heavy atom. The van der Waals surface area contributed by atoms with Gasteiger partial charge in [0.15, 0.2) is 0 Å². The molecule has 0 aliphatic carbocycles. The first-order chi connectivity index (χ1) is 13.5. The largest absolute Gasteiger partial charge is 0.350 e. The van der Waals surface area contributed by atoms with Crippen LogP contribution in [0.5, 0.6) is 0 Å². The van der Waals surface area contributed by atoms with Crippen LogP contribution in [0.15, 0.2) is 54.6 Å². The SMILES string of the molecule is Cc1cc(C(=O)NCCc2ccccc2F)nc(NCc2ccccc2Cl)n1. The summed E-state index contributed by atoms with van der Waals surface area (Å²) >= 11 is 6.15. The fourth-order valence-electron chi connectivity index (χ4n) is 2.68. The number of carbonyl (C=O) groups excluding carboxylic acids is 1. The monoisotopic (exact) mass is 398 g/mol. The van der Waals surface area contributed by atoms with E-state index in [0.717, 1.165) is 5.56 Å². The fraction of sp³-hybridized carbons (Fsp3) is 0.190. The van der Waals surface area contributed by atoms with Gasteiger partial charge in [-0.3, -0.25) is 4.79 Å². The van der Waals surface area contributed by atoms with Crippen LogP contribution in [0.2, 0.25) is 5.02 Å². The zero-order chi connectivity index (χ0) is 19.9. The molecule has 0 unspecified atom stereocenters. The van der Waals surface area contributed by atoms with Crippen LogP contribution in [0.4, 0.5) is 10.3 Å². The van der Waals surface area contributed by atoms with E-state index in [1.165, 1.54) is 6.07 Å². The van der Waals surface area contributed by atoms with Gasteiger partial charge in [0.05, 0.1) is 0 Å². The van der Waals surface area contributed by atoms with E-state index in [1.54, 1.807) is 31.2 Å². The van der Waals surface area contributed by atoms with Crippen molar-refractivity contribution < 1.29 is 9.18 Å². The highest BCUT2D eigenvalue weighted by Gasteiger charge is 2.11. The molecule has 0 bridgehead atoms. The Bertz CT molecular complexity index is 980. The third-order valence-corrected chi connectivity index (χ3v) is 4.49. The van der Waals surface area contributed by atoms with Crippen LogP contribution < -0.4 is 10.6 Å². The van der Waals surface area contributed by atoms with Crippen molar-refractivity contribution in [3.8, 4) is 0 Å². The molecule has 144 valence electrons. The highest BCUT2D eigenvalue weighted by atomic mass is 35.5. The molecular weight excluding hydrogens is 379 g/mol. The van der Waals surface area contributed by atoms with E-state index in [4.69, 9.17) is 11.6 Å². The Balaban J connectivity index is 1.61. The van der Waals surface area contributed by atoms with Gasteiger partial charge in [-0.25, -0.2) is 14.4 Å². The molecule has 0 saturated heterocycles. The number of anilines is 1. The van der Waals surface area contributed by atoms with Crippen LogP contribution in [-0.2, 0) is 13.0 Å². The van der Waals surface area contributed by atoms with Gasteiger partial charge in [-0.1, -0.05) is 48.0 Å². The van der Waals surface area contributed by atoms with Crippen LogP contribution >= 0.6 is 11.6 Å². The van der Waals surface area contributed by atoms with Crippen LogP contribution in [-0.4, -0.2) is 22.4 Å². The number of hydrogen-bond donors (Lipinski definition) is 2. The molecule has 0 atom stereocenters. The van der Waals surface area contributed by atoms with E-state index in [2.05, 4.69) is 20.6 Å². The number of nitrogens with one attached hydrogen (secondary N) is 2. The minimum atomic E-state index is -0.331. The lowest BCUT2D eigenvalue weighted by molar-refractivity contribution is 0.0949. The van der Waals surface area contributed by atoms with Crippen molar-refractivity contribution in [3.05, 3.63) is 88.0 Å². The van der Waals surface area contributed by atoms with Crippen molar-refractivity contribution >= 4 is 23.5 Å². The van der Waals surface area contributed by atoms with Crippen LogP contribution in [0.3, 0.4) is 0 Å². The lowest BCUT2D eigenvalue weighted by atomic mass is 10.1. The number of benzene rings is 2. The van der Waals surface area contributed by atoms with E-state index in [9.17, 15) is 9.18 Å². The second-order valence-corrected chi connectivity index (χ2v) is 6.67. The number of rotatable bonds is 7. The van der Waals surface area contributed by atoms with E-state index in [-0.39, 0.29) is 17.4 Å². The van der Waals surface area contributed by atoms with Crippen molar-refractivity contribution in [3.63, 3.8) is 0 Å². The van der Waals surface area contributed by atoms with Gasteiger partial charge in [0.25, 0.3) is 5.91 Å². The highest BCUT2D eigenvalue weighted by molar-refractivity contribution is 6.31. The molecule has 2 aromatic carbocycles. The summed E-state index contributed by atoms with van der Waals surface area (Å²) in [5, 5.41) is 6.51. The minimum Gasteiger partial charge on any atom is -0.350 e. The van der Waals surface area contributed by atoms with Gasteiger partial charge < -0.3 is 10.6 Å². The summed E-state index contributed by atoms with van der Waals surface area (Å²) in [6.45, 7) is 2.54. The van der Waals surface area contributed by atoms with Crippen LogP contribution in [0, 0.1) is 12.7 Å². The Kier molecular flexibility index (Phi) is 6.55. The quantitative estimate of drug-likeness (QED) is 0.627. The molecule has 0 radical (unpaired) electrons. The standard InChI is InChI=1S/C21H20ClFN4O/c1-14-12-19(20(28)24-11-10-15-6-3-5-9-18(15)23)27-21(26-14)25-13-16-7-2-4-8-17(16)22/h2-9,12H,10-11,13H2,1H3,(H,24,28)(H,25,26,27). The average Bonchev–Trinajstić information content (AvgIpc) is 2.68. The van der Waals surface area contributed by atoms with Crippen LogP contribution in [0.1, 0.15) is 27.3 Å². The lowest BCUT2D eigenvalue weighted by Gasteiger charge is -2.10. The van der Waals surface area contributed by atoms with E-state index in [0.29, 0.717) is 41.7 Å². The first kappa shape index (κ1) is 19.8. The molecule has 3 rings (SSSR count). The molecule has 1 amide bonds. The van der Waals surface area contributed by atoms with Crippen molar-refractivity contribution in [1.29, 1.82) is 0 Å². The number of nitrogens with zero attached hydrogens (tertiary/aromatic N) is 2. The van der Waals surface area contributed by atoms with Gasteiger partial charge >= 0.3 is 0 Å². The molecule has 7 heteroatoms. The summed E-state index contributed by atoms with van der Waals surface area (Å²) in [6.07, 6.45) is 0.403. The molecular formula is C21H20ClFN4O. The van der Waals surface area contributed by atoms with Crippen molar-refractivity contribution in [2.75, 3.05) is 11.9 Å². The van der Waals surface area contributed by atoms with Gasteiger partial charge in [0.2, 0.25) is 5.95 Å². The maximum atomic E-state index is 13.6. The third-order valence-electron chi connectivity index (χ3n) is 4.12. The molecule has 0 saturated carbocycles. The Morgan fingerprint density at radius 3 is 2.54 bits per heavy atom. The first-order valence-corrected chi connectivity index (χ1v) is 9.25. The summed E-state index contributed by atoms with van der Waals surface area (Å²) in [7, 11) is 0. The molecule has 28 heavy (non-hydrogen) atoms. The number of carbonyl (C=O) groups is 1. The normalized spacial score (nSPS) is 10.5. The average molecular weight is 399 g/mol. The topological polar surface area (TPSA) is 66.9 Å². The van der Waals surface area contributed by atoms with Gasteiger partial charge in [0.1, 0.15) is 11.5 Å². The molecule has 0 fully saturated rings. The number of halogens is 2. The maximum Gasteiger partial charge on any atom is 0.270 e. The van der Waals surface area contributed by atoms with E-state index >= 15 is 0 Å². The minimum absolute atomic E-state index is 0.252. The van der Waals surface area contributed by atoms with Crippen molar-refractivity contribution in [2.45, 2.75) is 19.9 Å². The molecule has 2 N–H and O–H groups in total. The molecule has 0 spiro atoms. The molecule has 1 heterocycles. The Hall–Kier alpha value is -2.99. The van der Waals surface area contributed by atoms with E-state index < -0.39 is 0 Å².